The number of aromatic amines is 2. The Hall–Kier alpha value is -4.84. The van der Waals surface area contributed by atoms with Gasteiger partial charge in [-0.15, -0.1) is 0 Å². The van der Waals surface area contributed by atoms with E-state index < -0.39 is 0 Å². The van der Waals surface area contributed by atoms with Crippen LogP contribution >= 0.6 is 0 Å². The second-order valence-electron chi connectivity index (χ2n) is 9.79. The van der Waals surface area contributed by atoms with E-state index in [1.54, 1.807) is 0 Å². The first-order valence-electron chi connectivity index (χ1n) is 13.0. The molecule has 0 fully saturated rings. The fourth-order valence-electron chi connectivity index (χ4n) is 5.59. The average Bonchev–Trinajstić information content (AvgIpc) is 3.73. The van der Waals surface area contributed by atoms with Gasteiger partial charge < -0.3 is 9.97 Å². The Balaban J connectivity index is 0.00000256. The first kappa shape index (κ1) is 24.0. The summed E-state index contributed by atoms with van der Waals surface area (Å²) in [6, 6.07) is 32.2. The smallest absolute Gasteiger partial charge is 0.164 e. The zero-order valence-electron chi connectivity index (χ0n) is 21.6. The van der Waals surface area contributed by atoms with Gasteiger partial charge in [0.25, 0.3) is 0 Å². The maximum atomic E-state index is 5.02. The van der Waals surface area contributed by atoms with Crippen LogP contribution in [0, 0.1) is 0 Å². The summed E-state index contributed by atoms with van der Waals surface area (Å²) in [6.45, 7) is 0. The third-order valence-corrected chi connectivity index (χ3v) is 7.46. The monoisotopic (exact) mass is 628 g/mol. The normalized spacial score (nSPS) is 11.7. The van der Waals surface area contributed by atoms with Crippen molar-refractivity contribution in [1.29, 1.82) is 0 Å². The average molecular weight is 627 g/mol. The molecule has 0 atom stereocenters. The molecule has 0 aliphatic carbocycles. The van der Waals surface area contributed by atoms with Crippen molar-refractivity contribution in [3.8, 4) is 45.6 Å². The van der Waals surface area contributed by atoms with Crippen LogP contribution in [-0.2, 0) is 27.3 Å². The molecule has 0 radical (unpaired) electrons. The number of nitrogens with zero attached hydrogens (tertiary/aromatic N) is 6. The third-order valence-electron chi connectivity index (χ3n) is 7.46. The van der Waals surface area contributed by atoms with E-state index in [0.29, 0.717) is 45.9 Å². The zero-order chi connectivity index (χ0) is 26.2. The van der Waals surface area contributed by atoms with Gasteiger partial charge in [0.2, 0.25) is 0 Å². The molecule has 0 spiro atoms. The van der Waals surface area contributed by atoms with Crippen LogP contribution in [0.5, 0.6) is 0 Å². The van der Waals surface area contributed by atoms with Crippen molar-refractivity contribution in [1.82, 2.24) is 39.9 Å². The minimum absolute atomic E-state index is 0. The van der Waals surface area contributed by atoms with E-state index in [0.717, 1.165) is 43.8 Å². The van der Waals surface area contributed by atoms with E-state index in [-0.39, 0.29) is 27.3 Å². The summed E-state index contributed by atoms with van der Waals surface area (Å²) in [5, 5.41) is 3.82. The molecule has 2 aliphatic rings. The van der Waals surface area contributed by atoms with Crippen molar-refractivity contribution in [3.05, 3.63) is 97.1 Å². The van der Waals surface area contributed by atoms with Crippen LogP contribution in [0.25, 0.3) is 89.7 Å². The van der Waals surface area contributed by atoms with Gasteiger partial charge in [0, 0.05) is 71.1 Å². The van der Waals surface area contributed by atoms with Crippen LogP contribution in [-0.4, -0.2) is 39.9 Å². The van der Waals surface area contributed by atoms with Crippen molar-refractivity contribution in [2.45, 2.75) is 0 Å². The predicted molar refractivity (Wildman–Crippen MR) is 156 cm³/mol. The summed E-state index contributed by atoms with van der Waals surface area (Å²) in [5.74, 6) is 2.39. The Morgan fingerprint density at radius 2 is 0.561 bits per heavy atom. The van der Waals surface area contributed by atoms with Crippen LogP contribution in [0.4, 0.5) is 0 Å². The van der Waals surface area contributed by atoms with Crippen LogP contribution in [0.1, 0.15) is 0 Å². The molecular weight excluding hydrogens is 609 g/mol. The quantitative estimate of drug-likeness (QED) is 0.178. The summed E-state index contributed by atoms with van der Waals surface area (Å²) in [4.78, 5) is 36.8. The van der Waals surface area contributed by atoms with Crippen molar-refractivity contribution in [2.75, 3.05) is 0 Å². The summed E-state index contributed by atoms with van der Waals surface area (Å²) in [5.41, 5.74) is 6.45. The fourth-order valence-corrected chi connectivity index (χ4v) is 5.59. The van der Waals surface area contributed by atoms with Crippen LogP contribution in [0.3, 0.4) is 0 Å². The molecule has 9 heteroatoms. The fraction of sp³-hybridized carbons (Fsp3) is 0. The number of benzene rings is 4. The van der Waals surface area contributed by atoms with Gasteiger partial charge in [0.1, 0.15) is 22.6 Å². The molecule has 5 heterocycles. The standard InChI is InChI=1S/C32H18N8.Cd/c1-2-10-18-17(9-1)25-33-26(18)38-28-21-13-5-6-14-22(21)30(35-28)40-32-24-16-8-7-15-23(24)31(36-32)39-29-20-12-4-3-11-19(20)27(34-29)37-25;/h1-16H,(H2,33,34,35,36,37,38,39,40);. The molecule has 4 aromatic carbocycles. The van der Waals surface area contributed by atoms with Gasteiger partial charge in [0.15, 0.2) is 23.3 Å². The molecule has 0 saturated carbocycles. The van der Waals surface area contributed by atoms with Crippen molar-refractivity contribution in [3.63, 3.8) is 0 Å². The SMILES string of the molecule is [Cd].c1ccc2c(c1)-c1nc-2nc2[nH]c(nc3nc(nc4[nH]c(n1)c1ccccc41)-c1ccccc1-3)c1ccccc21. The molecule has 0 amide bonds. The van der Waals surface area contributed by atoms with Crippen molar-refractivity contribution in [2.24, 2.45) is 0 Å². The molecule has 8 nitrogen and oxygen atoms in total. The maximum absolute atomic E-state index is 5.02. The van der Waals surface area contributed by atoms with Gasteiger partial charge in [-0.1, -0.05) is 97.1 Å². The number of hydrogen-bond donors (Lipinski definition) is 2. The summed E-state index contributed by atoms with van der Waals surface area (Å²) in [7, 11) is 0. The Morgan fingerprint density at radius 3 is 0.829 bits per heavy atom. The summed E-state index contributed by atoms with van der Waals surface area (Å²) in [6.07, 6.45) is 0. The van der Waals surface area contributed by atoms with Gasteiger partial charge in [-0.05, 0) is 0 Å². The molecule has 188 valence electrons. The molecule has 2 aliphatic heterocycles. The molecule has 2 N–H and O–H groups in total. The molecule has 3 aromatic heterocycles. The second kappa shape index (κ2) is 9.10. The topological polar surface area (TPSA) is 109 Å². The maximum Gasteiger partial charge on any atom is 0.164 e. The molecule has 0 saturated heterocycles. The van der Waals surface area contributed by atoms with E-state index in [9.17, 15) is 0 Å². The number of H-pyrrole nitrogens is 2. The molecule has 41 heavy (non-hydrogen) atoms. The van der Waals surface area contributed by atoms with E-state index in [2.05, 4.69) is 9.97 Å². The first-order chi connectivity index (χ1) is 19.8. The summed E-state index contributed by atoms with van der Waals surface area (Å²) >= 11 is 0. The minimum Gasteiger partial charge on any atom is -0.324 e. The number of aromatic nitrogens is 8. The van der Waals surface area contributed by atoms with Crippen molar-refractivity contribution < 1.29 is 27.3 Å². The first-order valence-corrected chi connectivity index (χ1v) is 13.0. The summed E-state index contributed by atoms with van der Waals surface area (Å²) < 4.78 is 0. The molecular formula is C32H18CdN8. The Morgan fingerprint density at radius 1 is 0.317 bits per heavy atom. The van der Waals surface area contributed by atoms with E-state index in [1.807, 2.05) is 97.1 Å². The number of fused-ring (bicyclic) bond motifs is 20. The number of hydrogen-bond acceptors (Lipinski definition) is 6. The number of rotatable bonds is 0. The Bertz CT molecular complexity index is 2030. The van der Waals surface area contributed by atoms with E-state index >= 15 is 0 Å². The van der Waals surface area contributed by atoms with Gasteiger partial charge in [-0.3, -0.25) is 0 Å². The molecule has 7 aromatic rings. The second-order valence-corrected chi connectivity index (χ2v) is 9.79. The van der Waals surface area contributed by atoms with Crippen molar-refractivity contribution >= 4 is 44.1 Å². The minimum atomic E-state index is 0. The van der Waals surface area contributed by atoms with Gasteiger partial charge in [-0.2, -0.15) is 0 Å². The van der Waals surface area contributed by atoms with Gasteiger partial charge in [-0.25, -0.2) is 29.9 Å². The van der Waals surface area contributed by atoms with E-state index in [4.69, 9.17) is 29.9 Å². The zero-order valence-corrected chi connectivity index (χ0v) is 25.7. The van der Waals surface area contributed by atoms with Crippen LogP contribution in [0.2, 0.25) is 0 Å². The van der Waals surface area contributed by atoms with Gasteiger partial charge in [0.05, 0.1) is 0 Å². The molecule has 8 bridgehead atoms. The largest absolute Gasteiger partial charge is 0.324 e. The molecule has 0 unspecified atom stereocenters. The van der Waals surface area contributed by atoms with Gasteiger partial charge >= 0.3 is 0 Å². The molecule has 9 rings (SSSR count). The van der Waals surface area contributed by atoms with E-state index in [1.165, 1.54) is 0 Å². The predicted octanol–water partition coefficient (Wildman–Crippen LogP) is 6.87. The van der Waals surface area contributed by atoms with Crippen LogP contribution < -0.4 is 0 Å². The Labute approximate surface area is 252 Å². The third kappa shape index (κ3) is 3.63. The Kier molecular flexibility index (Phi) is 5.33. The van der Waals surface area contributed by atoms with Crippen LogP contribution in [0.15, 0.2) is 97.1 Å². The number of nitrogens with one attached hydrogen (secondary N) is 2.